The van der Waals surface area contributed by atoms with Gasteiger partial charge in [0.1, 0.15) is 17.2 Å². The molecular formula is C27H27ClN2O6S. The summed E-state index contributed by atoms with van der Waals surface area (Å²) in [6.45, 7) is 5.30. The van der Waals surface area contributed by atoms with Gasteiger partial charge in [0.05, 0.1) is 15.7 Å². The van der Waals surface area contributed by atoms with Gasteiger partial charge in [-0.1, -0.05) is 23.7 Å². The normalized spacial score (nSPS) is 14.5. The van der Waals surface area contributed by atoms with Crippen LogP contribution in [-0.4, -0.2) is 36.1 Å². The summed E-state index contributed by atoms with van der Waals surface area (Å²) in [7, 11) is -3.37. The van der Waals surface area contributed by atoms with E-state index >= 15 is 0 Å². The predicted molar refractivity (Wildman–Crippen MR) is 140 cm³/mol. The Hall–Kier alpha value is -3.43. The average Bonchev–Trinajstić information content (AvgIpc) is 3.69. The zero-order valence-corrected chi connectivity index (χ0v) is 22.2. The first-order valence-corrected chi connectivity index (χ1v) is 13.6. The van der Waals surface area contributed by atoms with Crippen molar-refractivity contribution < 1.29 is 27.5 Å². The van der Waals surface area contributed by atoms with E-state index in [1.54, 1.807) is 57.2 Å². The summed E-state index contributed by atoms with van der Waals surface area (Å²) >= 11 is 5.96. The van der Waals surface area contributed by atoms with Crippen LogP contribution in [-0.2, 0) is 19.4 Å². The quantitative estimate of drug-likeness (QED) is 0.380. The molecular weight excluding hydrogens is 516 g/mol. The zero-order valence-electron chi connectivity index (χ0n) is 20.6. The number of halogens is 1. The van der Waals surface area contributed by atoms with Crippen molar-refractivity contribution in [2.75, 3.05) is 5.32 Å². The molecule has 1 saturated carbocycles. The highest BCUT2D eigenvalue weighted by Crippen LogP contribution is 2.34. The van der Waals surface area contributed by atoms with Crippen molar-refractivity contribution >= 4 is 39.1 Å². The van der Waals surface area contributed by atoms with E-state index in [0.29, 0.717) is 29.2 Å². The van der Waals surface area contributed by atoms with Gasteiger partial charge in [-0.25, -0.2) is 18.2 Å². The highest BCUT2D eigenvalue weighted by atomic mass is 35.5. The first kappa shape index (κ1) is 26.6. The minimum atomic E-state index is -3.37. The molecule has 1 atom stereocenters. The van der Waals surface area contributed by atoms with Crippen LogP contribution in [0, 0.1) is 0 Å². The molecule has 3 aromatic rings. The number of ether oxygens (including phenoxy) is 2. The molecule has 4 rings (SSSR count). The van der Waals surface area contributed by atoms with Crippen LogP contribution < -0.4 is 10.1 Å². The van der Waals surface area contributed by atoms with Gasteiger partial charge < -0.3 is 14.8 Å². The molecule has 1 amide bonds. The van der Waals surface area contributed by atoms with E-state index in [-0.39, 0.29) is 21.5 Å². The maximum atomic E-state index is 13.3. The number of esters is 1. The Bertz CT molecular complexity index is 1380. The van der Waals surface area contributed by atoms with Crippen LogP contribution in [0.4, 0.5) is 5.82 Å². The summed E-state index contributed by atoms with van der Waals surface area (Å²) in [4.78, 5) is 29.9. The van der Waals surface area contributed by atoms with Crippen molar-refractivity contribution in [2.45, 2.75) is 55.5 Å². The van der Waals surface area contributed by atoms with E-state index in [1.807, 2.05) is 0 Å². The minimum Gasteiger partial charge on any atom is -0.476 e. The fraction of sp³-hybridized carbons (Fsp3) is 0.296. The number of benzene rings is 2. The fourth-order valence-electron chi connectivity index (χ4n) is 3.44. The van der Waals surface area contributed by atoms with Crippen molar-refractivity contribution in [1.82, 2.24) is 4.98 Å². The highest BCUT2D eigenvalue weighted by Gasteiger charge is 2.37. The van der Waals surface area contributed by atoms with Gasteiger partial charge in [-0.15, -0.1) is 0 Å². The molecule has 0 spiro atoms. The SMILES string of the molecule is CC(C)(C)OC(=O)c1ccc(NC(=O)C(Oc2ccc(Cl)cc2)c2ccc(S(=O)(=O)C3CC3)cc2)nc1. The van der Waals surface area contributed by atoms with Gasteiger partial charge >= 0.3 is 5.97 Å². The third kappa shape index (κ3) is 6.87. The lowest BCUT2D eigenvalue weighted by Gasteiger charge is -2.20. The van der Waals surface area contributed by atoms with Gasteiger partial charge in [-0.3, -0.25) is 4.79 Å². The lowest BCUT2D eigenvalue weighted by molar-refractivity contribution is -0.123. The van der Waals surface area contributed by atoms with Crippen LogP contribution in [0.3, 0.4) is 0 Å². The van der Waals surface area contributed by atoms with Crippen LogP contribution in [0.15, 0.2) is 71.8 Å². The second-order valence-electron chi connectivity index (χ2n) is 9.69. The summed E-state index contributed by atoms with van der Waals surface area (Å²) in [5.41, 5.74) is 0.0472. The summed E-state index contributed by atoms with van der Waals surface area (Å²) in [6.07, 6.45) is 1.52. The topological polar surface area (TPSA) is 112 Å². The molecule has 1 aromatic heterocycles. The number of anilines is 1. The number of sulfone groups is 1. The van der Waals surface area contributed by atoms with Gasteiger partial charge in [0, 0.05) is 16.8 Å². The Morgan fingerprint density at radius 2 is 1.65 bits per heavy atom. The predicted octanol–water partition coefficient (Wildman–Crippen LogP) is 5.39. The lowest BCUT2D eigenvalue weighted by atomic mass is 10.1. The maximum absolute atomic E-state index is 13.3. The van der Waals surface area contributed by atoms with E-state index < -0.39 is 33.4 Å². The molecule has 0 bridgehead atoms. The number of pyridine rings is 1. The molecule has 2 aromatic carbocycles. The standard InChI is InChI=1S/C27H27ClN2O6S/c1-27(2,3)36-26(32)18-6-15-23(29-16-18)30-25(31)24(35-20-9-7-19(28)8-10-20)17-4-11-21(12-5-17)37(33,34)22-13-14-22/h4-12,15-16,22,24H,13-14H2,1-3H3,(H,29,30,31). The molecule has 194 valence electrons. The summed E-state index contributed by atoms with van der Waals surface area (Å²) < 4.78 is 36.4. The van der Waals surface area contributed by atoms with E-state index in [1.165, 1.54) is 30.5 Å². The number of hydrogen-bond donors (Lipinski definition) is 1. The molecule has 37 heavy (non-hydrogen) atoms. The minimum absolute atomic E-state index is 0.204. The molecule has 0 aliphatic heterocycles. The molecule has 1 fully saturated rings. The number of nitrogens with zero attached hydrogens (tertiary/aromatic N) is 1. The molecule has 1 aliphatic carbocycles. The molecule has 0 radical (unpaired) electrons. The van der Waals surface area contributed by atoms with E-state index in [4.69, 9.17) is 21.1 Å². The molecule has 10 heteroatoms. The largest absolute Gasteiger partial charge is 0.476 e. The van der Waals surface area contributed by atoms with Crippen molar-refractivity contribution in [3.63, 3.8) is 0 Å². The Labute approximate surface area is 220 Å². The molecule has 0 saturated heterocycles. The number of carbonyl (C=O) groups excluding carboxylic acids is 2. The third-order valence-corrected chi connectivity index (χ3v) is 7.96. The number of aromatic nitrogens is 1. The average molecular weight is 543 g/mol. The fourth-order valence-corrected chi connectivity index (χ4v) is 5.23. The number of rotatable bonds is 8. The first-order chi connectivity index (χ1) is 17.4. The second kappa shape index (κ2) is 10.5. The van der Waals surface area contributed by atoms with Crippen LogP contribution in [0.25, 0.3) is 0 Å². The van der Waals surface area contributed by atoms with Gasteiger partial charge in [0.15, 0.2) is 9.84 Å². The van der Waals surface area contributed by atoms with Crippen molar-refractivity contribution in [2.24, 2.45) is 0 Å². The molecule has 1 heterocycles. The molecule has 1 N–H and O–H groups in total. The molecule has 8 nitrogen and oxygen atoms in total. The van der Waals surface area contributed by atoms with Crippen LogP contribution in [0.5, 0.6) is 5.75 Å². The number of amides is 1. The second-order valence-corrected chi connectivity index (χ2v) is 12.4. The number of nitrogens with one attached hydrogen (secondary N) is 1. The number of carbonyl (C=O) groups is 2. The summed E-state index contributed by atoms with van der Waals surface area (Å²) in [6, 6.07) is 15.6. The smallest absolute Gasteiger partial charge is 0.340 e. The Morgan fingerprint density at radius 1 is 1.00 bits per heavy atom. The van der Waals surface area contributed by atoms with Crippen LogP contribution in [0.1, 0.15) is 55.6 Å². The van der Waals surface area contributed by atoms with Gasteiger partial charge in [0.25, 0.3) is 5.91 Å². The van der Waals surface area contributed by atoms with Crippen LogP contribution >= 0.6 is 11.6 Å². The zero-order chi connectivity index (χ0) is 26.8. The highest BCUT2D eigenvalue weighted by molar-refractivity contribution is 7.92. The lowest BCUT2D eigenvalue weighted by Crippen LogP contribution is -2.26. The van der Waals surface area contributed by atoms with E-state index in [9.17, 15) is 18.0 Å². The van der Waals surface area contributed by atoms with Gasteiger partial charge in [-0.2, -0.15) is 0 Å². The summed E-state index contributed by atoms with van der Waals surface area (Å²) in [5.74, 6) is -0.462. The Kier molecular flexibility index (Phi) is 7.57. The molecule has 1 unspecified atom stereocenters. The molecule has 1 aliphatic rings. The van der Waals surface area contributed by atoms with Crippen molar-refractivity contribution in [3.8, 4) is 5.75 Å². The Balaban J connectivity index is 1.55. The van der Waals surface area contributed by atoms with Gasteiger partial charge in [0.2, 0.25) is 6.10 Å². The van der Waals surface area contributed by atoms with Crippen molar-refractivity contribution in [3.05, 3.63) is 83.0 Å². The first-order valence-electron chi connectivity index (χ1n) is 11.7. The van der Waals surface area contributed by atoms with Crippen molar-refractivity contribution in [1.29, 1.82) is 0 Å². The Morgan fingerprint density at radius 3 is 2.19 bits per heavy atom. The summed E-state index contributed by atoms with van der Waals surface area (Å²) in [5, 5.41) is 2.86. The maximum Gasteiger partial charge on any atom is 0.340 e. The van der Waals surface area contributed by atoms with E-state index in [0.717, 1.165) is 0 Å². The van der Waals surface area contributed by atoms with Gasteiger partial charge in [-0.05, 0) is 82.1 Å². The number of hydrogen-bond acceptors (Lipinski definition) is 7. The van der Waals surface area contributed by atoms with E-state index in [2.05, 4.69) is 10.3 Å². The monoisotopic (exact) mass is 542 g/mol. The van der Waals surface area contributed by atoms with Crippen LogP contribution in [0.2, 0.25) is 5.02 Å². The third-order valence-electron chi connectivity index (χ3n) is 5.43.